The van der Waals surface area contributed by atoms with Crippen LogP contribution in [-0.2, 0) is 4.79 Å². The Labute approximate surface area is 107 Å². The van der Waals surface area contributed by atoms with Crippen LogP contribution >= 0.6 is 27.5 Å². The lowest BCUT2D eigenvalue weighted by atomic mass is 10.1. The Morgan fingerprint density at radius 3 is 2.62 bits per heavy atom. The third-order valence-electron chi connectivity index (χ3n) is 2.70. The maximum absolute atomic E-state index is 11.8. The van der Waals surface area contributed by atoms with Gasteiger partial charge in [0.1, 0.15) is 0 Å². The number of carbonyl (C=O) groups is 2. The maximum Gasteiger partial charge on any atom is 0.299 e. The number of amides is 1. The summed E-state index contributed by atoms with van der Waals surface area (Å²) in [6.45, 7) is 4.09. The molecular weight excluding hydrogens is 293 g/mol. The summed E-state index contributed by atoms with van der Waals surface area (Å²) in [5, 5.41) is 0.548. The lowest BCUT2D eigenvalue weighted by molar-refractivity contribution is -0.114. The Bertz CT molecular complexity index is 513. The normalized spacial score (nSPS) is 14.6. The van der Waals surface area contributed by atoms with Gasteiger partial charge < -0.3 is 4.90 Å². The van der Waals surface area contributed by atoms with Crippen LogP contribution in [0.5, 0.6) is 0 Å². The Morgan fingerprint density at radius 1 is 1.44 bits per heavy atom. The molecule has 1 aliphatic heterocycles. The molecule has 84 valence electrons. The molecule has 0 bridgehead atoms. The van der Waals surface area contributed by atoms with Gasteiger partial charge in [0.2, 0.25) is 0 Å². The number of Topliss-reactive ketones (excluding diaryl/α,β-unsaturated/α-hetero) is 1. The number of fused-ring (bicyclic) bond motifs is 1. The minimum absolute atomic E-state index is 0.425. The molecule has 0 unspecified atom stereocenters. The SMILES string of the molecule is CCN1C(=O)C(=O)c2c1cc(Cl)c(C)c2Br. The van der Waals surface area contributed by atoms with Crippen LogP contribution < -0.4 is 4.90 Å². The molecule has 0 aromatic heterocycles. The van der Waals surface area contributed by atoms with E-state index in [1.165, 1.54) is 4.90 Å². The van der Waals surface area contributed by atoms with Crippen molar-refractivity contribution in [1.82, 2.24) is 0 Å². The summed E-state index contributed by atoms with van der Waals surface area (Å²) in [5.74, 6) is -0.955. The number of ketones is 1. The number of halogens is 2. The van der Waals surface area contributed by atoms with E-state index in [1.807, 2.05) is 6.92 Å². The summed E-state index contributed by atoms with van der Waals surface area (Å²) in [5.41, 5.74) is 1.80. The van der Waals surface area contributed by atoms with Crippen LogP contribution in [0.2, 0.25) is 5.02 Å². The van der Waals surface area contributed by atoms with Crippen molar-refractivity contribution in [2.75, 3.05) is 11.4 Å². The van der Waals surface area contributed by atoms with E-state index in [0.717, 1.165) is 5.56 Å². The number of hydrogen-bond donors (Lipinski definition) is 0. The van der Waals surface area contributed by atoms with Gasteiger partial charge >= 0.3 is 0 Å². The first kappa shape index (κ1) is 11.6. The zero-order valence-electron chi connectivity index (χ0n) is 8.80. The van der Waals surface area contributed by atoms with Gasteiger partial charge in [0.05, 0.1) is 11.3 Å². The number of likely N-dealkylation sites (N-methyl/N-ethyl adjacent to an activating group) is 1. The maximum atomic E-state index is 11.8. The third-order valence-corrected chi connectivity index (χ3v) is 4.08. The molecule has 0 saturated heterocycles. The molecule has 0 saturated carbocycles. The van der Waals surface area contributed by atoms with E-state index in [4.69, 9.17) is 11.6 Å². The highest BCUT2D eigenvalue weighted by atomic mass is 79.9. The lowest BCUT2D eigenvalue weighted by Gasteiger charge is -2.14. The molecule has 0 N–H and O–H groups in total. The van der Waals surface area contributed by atoms with Gasteiger partial charge in [0.15, 0.2) is 0 Å². The van der Waals surface area contributed by atoms with Crippen LogP contribution in [0, 0.1) is 6.92 Å². The minimum atomic E-state index is -0.486. The number of carbonyl (C=O) groups excluding carboxylic acids is 2. The largest absolute Gasteiger partial charge is 0.305 e. The van der Waals surface area contributed by atoms with Crippen molar-refractivity contribution in [2.24, 2.45) is 0 Å². The molecule has 0 fully saturated rings. The first-order valence-electron chi connectivity index (χ1n) is 4.83. The van der Waals surface area contributed by atoms with Gasteiger partial charge in [-0.1, -0.05) is 11.6 Å². The summed E-state index contributed by atoms with van der Waals surface area (Å²) >= 11 is 9.36. The Morgan fingerprint density at radius 2 is 2.06 bits per heavy atom. The zero-order chi connectivity index (χ0) is 12.0. The van der Waals surface area contributed by atoms with Crippen LogP contribution in [0.4, 0.5) is 5.69 Å². The zero-order valence-corrected chi connectivity index (χ0v) is 11.1. The average Bonchev–Trinajstić information content (AvgIpc) is 2.48. The topological polar surface area (TPSA) is 37.4 Å². The molecule has 16 heavy (non-hydrogen) atoms. The standard InChI is InChI=1S/C11H9BrClNO2/c1-3-14-7-4-6(13)5(2)9(12)8(7)10(15)11(14)16/h4H,3H2,1-2H3. The predicted octanol–water partition coefficient (Wildman–Crippen LogP) is 2.96. The van der Waals surface area contributed by atoms with E-state index in [0.29, 0.717) is 27.3 Å². The smallest absolute Gasteiger partial charge is 0.299 e. The molecule has 1 aliphatic rings. The van der Waals surface area contributed by atoms with Gasteiger partial charge in [0, 0.05) is 16.0 Å². The van der Waals surface area contributed by atoms with Gasteiger partial charge in [-0.25, -0.2) is 0 Å². The second kappa shape index (κ2) is 3.86. The minimum Gasteiger partial charge on any atom is -0.305 e. The van der Waals surface area contributed by atoms with Crippen molar-refractivity contribution < 1.29 is 9.59 Å². The Balaban J connectivity index is 2.76. The van der Waals surface area contributed by atoms with Crippen molar-refractivity contribution in [3.8, 4) is 0 Å². The molecule has 0 atom stereocenters. The molecule has 1 heterocycles. The molecule has 1 amide bonds. The van der Waals surface area contributed by atoms with E-state index in [-0.39, 0.29) is 0 Å². The average molecular weight is 303 g/mol. The molecule has 1 aromatic rings. The molecule has 2 rings (SSSR count). The highest BCUT2D eigenvalue weighted by Gasteiger charge is 2.37. The Hall–Kier alpha value is -0.870. The predicted molar refractivity (Wildman–Crippen MR) is 66.2 cm³/mol. The number of anilines is 1. The van der Waals surface area contributed by atoms with E-state index in [9.17, 15) is 9.59 Å². The molecule has 0 aliphatic carbocycles. The second-order valence-electron chi connectivity index (χ2n) is 3.57. The van der Waals surface area contributed by atoms with E-state index >= 15 is 0 Å². The summed E-state index contributed by atoms with van der Waals surface area (Å²) in [4.78, 5) is 24.9. The molecule has 5 heteroatoms. The first-order valence-corrected chi connectivity index (χ1v) is 6.01. The highest BCUT2D eigenvalue weighted by Crippen LogP contribution is 2.39. The van der Waals surface area contributed by atoms with E-state index in [1.54, 1.807) is 13.0 Å². The van der Waals surface area contributed by atoms with Crippen LogP contribution in [-0.4, -0.2) is 18.2 Å². The van der Waals surface area contributed by atoms with Gasteiger partial charge in [-0.15, -0.1) is 0 Å². The van der Waals surface area contributed by atoms with Crippen LogP contribution in [0.15, 0.2) is 10.5 Å². The lowest BCUT2D eigenvalue weighted by Crippen LogP contribution is -2.29. The fourth-order valence-corrected chi connectivity index (χ4v) is 2.70. The molecule has 0 radical (unpaired) electrons. The number of rotatable bonds is 1. The monoisotopic (exact) mass is 301 g/mol. The summed E-state index contributed by atoms with van der Waals surface area (Å²) in [7, 11) is 0. The van der Waals surface area contributed by atoms with Crippen molar-refractivity contribution >= 4 is 44.9 Å². The van der Waals surface area contributed by atoms with Gasteiger partial charge in [0.25, 0.3) is 11.7 Å². The van der Waals surface area contributed by atoms with Crippen molar-refractivity contribution in [3.05, 3.63) is 26.7 Å². The van der Waals surface area contributed by atoms with E-state index < -0.39 is 11.7 Å². The van der Waals surface area contributed by atoms with E-state index in [2.05, 4.69) is 15.9 Å². The Kier molecular flexibility index (Phi) is 2.80. The number of benzene rings is 1. The van der Waals surface area contributed by atoms with Crippen LogP contribution in [0.3, 0.4) is 0 Å². The van der Waals surface area contributed by atoms with Gasteiger partial charge in [-0.3, -0.25) is 9.59 Å². The second-order valence-corrected chi connectivity index (χ2v) is 4.77. The summed E-state index contributed by atoms with van der Waals surface area (Å²) in [6.07, 6.45) is 0. The summed E-state index contributed by atoms with van der Waals surface area (Å²) in [6, 6.07) is 1.67. The fourth-order valence-electron chi connectivity index (χ4n) is 1.79. The van der Waals surface area contributed by atoms with Crippen molar-refractivity contribution in [3.63, 3.8) is 0 Å². The van der Waals surface area contributed by atoms with Gasteiger partial charge in [-0.2, -0.15) is 0 Å². The number of nitrogens with zero attached hydrogens (tertiary/aromatic N) is 1. The summed E-state index contributed by atoms with van der Waals surface area (Å²) < 4.78 is 0.615. The van der Waals surface area contributed by atoms with Crippen molar-refractivity contribution in [2.45, 2.75) is 13.8 Å². The van der Waals surface area contributed by atoms with Crippen LogP contribution in [0.1, 0.15) is 22.8 Å². The number of hydrogen-bond acceptors (Lipinski definition) is 2. The van der Waals surface area contributed by atoms with Gasteiger partial charge in [-0.05, 0) is 41.4 Å². The highest BCUT2D eigenvalue weighted by molar-refractivity contribution is 9.10. The first-order chi connectivity index (χ1) is 7.49. The molecule has 0 spiro atoms. The fraction of sp³-hybridized carbons (Fsp3) is 0.273. The molecular formula is C11H9BrClNO2. The van der Waals surface area contributed by atoms with Crippen molar-refractivity contribution in [1.29, 1.82) is 0 Å². The van der Waals surface area contributed by atoms with Crippen LogP contribution in [0.25, 0.3) is 0 Å². The third kappa shape index (κ3) is 1.40. The molecule has 1 aromatic carbocycles. The molecule has 3 nitrogen and oxygen atoms in total. The quantitative estimate of drug-likeness (QED) is 0.748.